The highest BCUT2D eigenvalue weighted by Crippen LogP contribution is 2.35. The van der Waals surface area contributed by atoms with Crippen molar-refractivity contribution in [1.82, 2.24) is 25.2 Å². The zero-order valence-electron chi connectivity index (χ0n) is 23.3. The van der Waals surface area contributed by atoms with E-state index in [0.29, 0.717) is 57.0 Å². The zero-order valence-corrected chi connectivity index (χ0v) is 23.3. The molecule has 5 heterocycles. The Kier molecular flexibility index (Phi) is 7.71. The lowest BCUT2D eigenvalue weighted by molar-refractivity contribution is 0.187. The van der Waals surface area contributed by atoms with Crippen LogP contribution in [0.3, 0.4) is 0 Å². The van der Waals surface area contributed by atoms with Gasteiger partial charge in [0.1, 0.15) is 18.2 Å². The number of aromatic nitrogens is 3. The van der Waals surface area contributed by atoms with Gasteiger partial charge in [0.15, 0.2) is 0 Å². The second-order valence-electron chi connectivity index (χ2n) is 10.9. The molecule has 41 heavy (non-hydrogen) atoms. The lowest BCUT2D eigenvalue weighted by Gasteiger charge is -2.37. The van der Waals surface area contributed by atoms with Crippen LogP contribution in [-0.2, 0) is 13.0 Å². The van der Waals surface area contributed by atoms with Crippen molar-refractivity contribution in [1.29, 1.82) is 5.26 Å². The Morgan fingerprint density at radius 1 is 1.17 bits per heavy atom. The first-order valence-corrected chi connectivity index (χ1v) is 14.2. The van der Waals surface area contributed by atoms with Gasteiger partial charge in [-0.05, 0) is 38.2 Å². The standard InChI is InChI=1S/C29H35N9O3/c1-36-12-4-6-21(36)18-40-29-33-24-17-37(26-22-7-3-2-5-19(22)15-25(34-26)41-28(31)39)13-9-23(24)27(35-29)38-14-11-32-20(16-38)8-10-30/h2-3,5,7,15,20-21,32H,4,6,8-9,11-14,16-18H2,1H3,(H2,31,39)/t20-,21-/m0/s1. The average Bonchev–Trinajstić information content (AvgIpc) is 3.39. The van der Waals surface area contributed by atoms with Crippen LogP contribution >= 0.6 is 0 Å². The third-order valence-corrected chi connectivity index (χ3v) is 8.19. The maximum Gasteiger partial charge on any atom is 0.411 e. The van der Waals surface area contributed by atoms with Crippen LogP contribution in [0.15, 0.2) is 30.3 Å². The van der Waals surface area contributed by atoms with Gasteiger partial charge >= 0.3 is 12.1 Å². The van der Waals surface area contributed by atoms with Gasteiger partial charge < -0.3 is 35.2 Å². The van der Waals surface area contributed by atoms with Crippen LogP contribution in [0.4, 0.5) is 16.4 Å². The summed E-state index contributed by atoms with van der Waals surface area (Å²) in [7, 11) is 2.13. The molecule has 12 nitrogen and oxygen atoms in total. The number of nitrogens with one attached hydrogen (secondary N) is 1. The number of nitrogens with two attached hydrogens (primary N) is 1. The molecular weight excluding hydrogens is 522 g/mol. The SMILES string of the molecule is CN1CCC[C@H]1COc1nc2c(c(N3CCN[C@@H](CC#N)C3)n1)CCN(c1nc(OC(N)=O)cc3ccccc13)C2. The van der Waals surface area contributed by atoms with Crippen molar-refractivity contribution in [2.75, 3.05) is 56.2 Å². The molecule has 2 atom stereocenters. The number of benzene rings is 1. The quantitative estimate of drug-likeness (QED) is 0.441. The molecule has 3 aromatic rings. The van der Waals surface area contributed by atoms with Crippen LogP contribution in [-0.4, -0.2) is 84.4 Å². The predicted octanol–water partition coefficient (Wildman–Crippen LogP) is 2.21. The third-order valence-electron chi connectivity index (χ3n) is 8.19. The molecule has 0 bridgehead atoms. The molecule has 12 heteroatoms. The normalized spacial score (nSPS) is 21.0. The minimum absolute atomic E-state index is 0.0829. The number of likely N-dealkylation sites (tertiary alicyclic amines) is 1. The van der Waals surface area contributed by atoms with Gasteiger partial charge in [-0.15, -0.1) is 0 Å². The summed E-state index contributed by atoms with van der Waals surface area (Å²) in [5.74, 6) is 1.75. The van der Waals surface area contributed by atoms with E-state index in [9.17, 15) is 10.1 Å². The van der Waals surface area contributed by atoms with Gasteiger partial charge in [0.05, 0.1) is 24.7 Å². The van der Waals surface area contributed by atoms with E-state index >= 15 is 0 Å². The van der Waals surface area contributed by atoms with Gasteiger partial charge in [0.2, 0.25) is 5.88 Å². The first-order valence-electron chi connectivity index (χ1n) is 14.2. The molecule has 1 amide bonds. The number of fused-ring (bicyclic) bond motifs is 2. The fourth-order valence-corrected chi connectivity index (χ4v) is 6.07. The molecule has 6 rings (SSSR count). The Hall–Kier alpha value is -4.21. The molecule has 0 spiro atoms. The van der Waals surface area contributed by atoms with Crippen molar-refractivity contribution in [3.05, 3.63) is 41.6 Å². The molecule has 214 valence electrons. The number of nitriles is 1. The Labute approximate surface area is 239 Å². The minimum atomic E-state index is -0.902. The number of hydrogen-bond donors (Lipinski definition) is 2. The second-order valence-corrected chi connectivity index (χ2v) is 10.9. The largest absolute Gasteiger partial charge is 0.462 e. The van der Waals surface area contributed by atoms with Crippen molar-refractivity contribution >= 4 is 28.5 Å². The van der Waals surface area contributed by atoms with Crippen LogP contribution < -0.4 is 30.3 Å². The molecule has 0 saturated carbocycles. The first kappa shape index (κ1) is 27.0. The predicted molar refractivity (Wildman–Crippen MR) is 154 cm³/mol. The van der Waals surface area contributed by atoms with Gasteiger partial charge in [0, 0.05) is 55.3 Å². The lowest BCUT2D eigenvalue weighted by atomic mass is 10.0. The van der Waals surface area contributed by atoms with E-state index in [0.717, 1.165) is 60.3 Å². The van der Waals surface area contributed by atoms with Gasteiger partial charge in [-0.2, -0.15) is 20.2 Å². The summed E-state index contributed by atoms with van der Waals surface area (Å²) in [4.78, 5) is 32.8. The summed E-state index contributed by atoms with van der Waals surface area (Å²) in [5.41, 5.74) is 7.28. The van der Waals surface area contributed by atoms with Gasteiger partial charge in [0.25, 0.3) is 0 Å². The van der Waals surface area contributed by atoms with Gasteiger partial charge in [-0.1, -0.05) is 24.3 Å². The number of anilines is 2. The fraction of sp³-hybridized carbons (Fsp3) is 0.483. The number of carbonyl (C=O) groups excluding carboxylic acids is 1. The number of carbonyl (C=O) groups is 1. The summed E-state index contributed by atoms with van der Waals surface area (Å²) in [6.07, 6.45) is 2.51. The van der Waals surface area contributed by atoms with Crippen LogP contribution in [0.2, 0.25) is 0 Å². The van der Waals surface area contributed by atoms with E-state index in [2.05, 4.69) is 38.1 Å². The molecule has 2 fully saturated rings. The van der Waals surface area contributed by atoms with Crippen molar-refractivity contribution in [2.24, 2.45) is 5.73 Å². The number of rotatable bonds is 7. The average molecular weight is 558 g/mol. The number of nitrogens with zero attached hydrogens (tertiary/aromatic N) is 7. The number of pyridine rings is 1. The monoisotopic (exact) mass is 557 g/mol. The molecule has 0 radical (unpaired) electrons. The van der Waals surface area contributed by atoms with Crippen molar-refractivity contribution < 1.29 is 14.3 Å². The number of primary amides is 1. The van der Waals surface area contributed by atoms with Crippen molar-refractivity contribution in [3.8, 4) is 18.0 Å². The molecule has 1 aromatic carbocycles. The molecule has 3 aliphatic rings. The number of amides is 1. The van der Waals surface area contributed by atoms with Crippen LogP contribution in [0.5, 0.6) is 11.9 Å². The molecule has 3 N–H and O–H groups in total. The lowest BCUT2D eigenvalue weighted by Crippen LogP contribution is -2.51. The maximum atomic E-state index is 11.5. The molecular formula is C29H35N9O3. The number of piperazine rings is 1. The molecule has 2 saturated heterocycles. The van der Waals surface area contributed by atoms with E-state index in [-0.39, 0.29) is 11.9 Å². The summed E-state index contributed by atoms with van der Waals surface area (Å²) in [6, 6.07) is 12.7. The highest BCUT2D eigenvalue weighted by atomic mass is 16.6. The fourth-order valence-electron chi connectivity index (χ4n) is 6.07. The number of hydrogen-bond acceptors (Lipinski definition) is 11. The summed E-state index contributed by atoms with van der Waals surface area (Å²) < 4.78 is 11.4. The minimum Gasteiger partial charge on any atom is -0.462 e. The van der Waals surface area contributed by atoms with Crippen molar-refractivity contribution in [2.45, 2.75) is 44.3 Å². The van der Waals surface area contributed by atoms with Crippen molar-refractivity contribution in [3.63, 3.8) is 0 Å². The van der Waals surface area contributed by atoms with E-state index in [1.54, 1.807) is 6.07 Å². The van der Waals surface area contributed by atoms with Gasteiger partial charge in [-0.25, -0.2) is 4.79 Å². The second kappa shape index (κ2) is 11.7. The highest BCUT2D eigenvalue weighted by molar-refractivity contribution is 5.93. The highest BCUT2D eigenvalue weighted by Gasteiger charge is 2.30. The van der Waals surface area contributed by atoms with Crippen LogP contribution in [0, 0.1) is 11.3 Å². The zero-order chi connectivity index (χ0) is 28.3. The smallest absolute Gasteiger partial charge is 0.411 e. The Morgan fingerprint density at radius 2 is 2.05 bits per heavy atom. The third kappa shape index (κ3) is 5.82. The van der Waals surface area contributed by atoms with Crippen LogP contribution in [0.25, 0.3) is 10.8 Å². The molecule has 0 aliphatic carbocycles. The first-order chi connectivity index (χ1) is 20.0. The number of likely N-dealkylation sites (N-methyl/N-ethyl adjacent to an activating group) is 1. The van der Waals surface area contributed by atoms with E-state index in [1.165, 1.54) is 0 Å². The molecule has 0 unspecified atom stereocenters. The van der Waals surface area contributed by atoms with Crippen LogP contribution in [0.1, 0.15) is 30.5 Å². The maximum absolute atomic E-state index is 11.5. The topological polar surface area (TPSA) is 146 Å². The summed E-state index contributed by atoms with van der Waals surface area (Å²) in [5, 5.41) is 14.6. The van der Waals surface area contributed by atoms with Gasteiger partial charge in [-0.3, -0.25) is 0 Å². The molecule has 2 aromatic heterocycles. The molecule has 3 aliphatic heterocycles. The van der Waals surface area contributed by atoms with E-state index in [4.69, 9.17) is 25.2 Å². The Bertz CT molecular complexity index is 1480. The Morgan fingerprint density at radius 3 is 2.85 bits per heavy atom. The number of ether oxygens (including phenoxy) is 2. The van der Waals surface area contributed by atoms with E-state index in [1.807, 2.05) is 24.3 Å². The van der Waals surface area contributed by atoms with E-state index < -0.39 is 6.09 Å². The Balaban J connectivity index is 1.34. The summed E-state index contributed by atoms with van der Waals surface area (Å²) >= 11 is 0. The summed E-state index contributed by atoms with van der Waals surface area (Å²) in [6.45, 7) is 5.05.